The van der Waals surface area contributed by atoms with Crippen molar-refractivity contribution in [3.8, 4) is 5.75 Å². The van der Waals surface area contributed by atoms with Gasteiger partial charge in [-0.15, -0.1) is 0 Å². The Hall–Kier alpha value is -2.53. The van der Waals surface area contributed by atoms with Gasteiger partial charge in [-0.1, -0.05) is 29.8 Å². The van der Waals surface area contributed by atoms with Gasteiger partial charge in [0.15, 0.2) is 6.10 Å². The molecule has 0 unspecified atom stereocenters. The lowest BCUT2D eigenvalue weighted by molar-refractivity contribution is -0.123. The van der Waals surface area contributed by atoms with Gasteiger partial charge in [-0.3, -0.25) is 4.79 Å². The van der Waals surface area contributed by atoms with Crippen molar-refractivity contribution in [3.05, 3.63) is 58.6 Å². The minimum atomic E-state index is -0.971. The van der Waals surface area contributed by atoms with Crippen LogP contribution in [0.3, 0.4) is 0 Å². The third-order valence-corrected chi connectivity index (χ3v) is 3.67. The number of hydrogen-bond donors (Lipinski definition) is 1. The van der Waals surface area contributed by atoms with E-state index < -0.39 is 18.0 Å². The van der Waals surface area contributed by atoms with Crippen LogP contribution in [0.2, 0.25) is 5.02 Å². The van der Waals surface area contributed by atoms with Crippen molar-refractivity contribution in [1.29, 1.82) is 0 Å². The average Bonchev–Trinajstić information content (AvgIpc) is 2.56. The van der Waals surface area contributed by atoms with E-state index in [1.165, 1.54) is 20.1 Å². The standard InChI is InChI=1S/C18H18ClNO4/c1-11-6-4-5-7-15(11)20-17(21)12(2)24-18(22)14-10-13(19)8-9-16(14)23-3/h4-10,12H,1-3H3,(H,20,21)/t12-/m0/s1. The van der Waals surface area contributed by atoms with Crippen LogP contribution < -0.4 is 10.1 Å². The maximum atomic E-state index is 12.3. The van der Waals surface area contributed by atoms with Crippen molar-refractivity contribution >= 4 is 29.2 Å². The smallest absolute Gasteiger partial charge is 0.342 e. The molecule has 0 fully saturated rings. The van der Waals surface area contributed by atoms with Crippen LogP contribution in [-0.2, 0) is 9.53 Å². The summed E-state index contributed by atoms with van der Waals surface area (Å²) in [6.07, 6.45) is -0.971. The fraction of sp³-hybridized carbons (Fsp3) is 0.222. The second-order valence-electron chi connectivity index (χ2n) is 5.20. The summed E-state index contributed by atoms with van der Waals surface area (Å²) in [7, 11) is 1.44. The number of aryl methyl sites for hydroxylation is 1. The van der Waals surface area contributed by atoms with Gasteiger partial charge < -0.3 is 14.8 Å². The van der Waals surface area contributed by atoms with Crippen LogP contribution in [0.1, 0.15) is 22.8 Å². The van der Waals surface area contributed by atoms with Crippen LogP contribution in [0.4, 0.5) is 5.69 Å². The number of hydrogen-bond acceptors (Lipinski definition) is 4. The molecule has 6 heteroatoms. The number of anilines is 1. The molecule has 0 saturated heterocycles. The predicted octanol–water partition coefficient (Wildman–Crippen LogP) is 3.84. The zero-order valence-corrected chi connectivity index (χ0v) is 14.4. The SMILES string of the molecule is COc1ccc(Cl)cc1C(=O)O[C@@H](C)C(=O)Nc1ccccc1C. The summed E-state index contributed by atoms with van der Waals surface area (Å²) in [5, 5.41) is 3.11. The quantitative estimate of drug-likeness (QED) is 0.834. The Labute approximate surface area is 145 Å². The highest BCUT2D eigenvalue weighted by Gasteiger charge is 2.22. The molecule has 0 aliphatic heterocycles. The Morgan fingerprint density at radius 3 is 2.54 bits per heavy atom. The van der Waals surface area contributed by atoms with Gasteiger partial charge in [0.2, 0.25) is 0 Å². The van der Waals surface area contributed by atoms with E-state index in [2.05, 4.69) is 5.32 Å². The van der Waals surface area contributed by atoms with E-state index >= 15 is 0 Å². The molecule has 0 heterocycles. The fourth-order valence-corrected chi connectivity index (χ4v) is 2.24. The van der Waals surface area contributed by atoms with Crippen molar-refractivity contribution in [2.45, 2.75) is 20.0 Å². The number of nitrogens with one attached hydrogen (secondary N) is 1. The third-order valence-electron chi connectivity index (χ3n) is 3.44. The molecule has 0 saturated carbocycles. The van der Waals surface area contributed by atoms with Crippen LogP contribution in [-0.4, -0.2) is 25.1 Å². The lowest BCUT2D eigenvalue weighted by atomic mass is 10.2. The first-order valence-electron chi connectivity index (χ1n) is 7.33. The maximum absolute atomic E-state index is 12.3. The van der Waals surface area contributed by atoms with Crippen LogP contribution in [0.5, 0.6) is 5.75 Å². The summed E-state index contributed by atoms with van der Waals surface area (Å²) in [6, 6.07) is 12.0. The average molecular weight is 348 g/mol. The van der Waals surface area contributed by atoms with Gasteiger partial charge in [0, 0.05) is 10.7 Å². The number of methoxy groups -OCH3 is 1. The molecular formula is C18H18ClNO4. The summed E-state index contributed by atoms with van der Waals surface area (Å²) >= 11 is 5.90. The number of halogens is 1. The largest absolute Gasteiger partial charge is 0.496 e. The van der Waals surface area contributed by atoms with E-state index in [1.807, 2.05) is 25.1 Å². The van der Waals surface area contributed by atoms with Crippen molar-refractivity contribution in [2.24, 2.45) is 0 Å². The van der Waals surface area contributed by atoms with Crippen LogP contribution >= 0.6 is 11.6 Å². The molecule has 2 aromatic carbocycles. The van der Waals surface area contributed by atoms with Crippen molar-refractivity contribution in [3.63, 3.8) is 0 Å². The minimum Gasteiger partial charge on any atom is -0.496 e. The van der Waals surface area contributed by atoms with Gasteiger partial charge in [0.05, 0.1) is 7.11 Å². The molecule has 2 aromatic rings. The summed E-state index contributed by atoms with van der Waals surface area (Å²) in [6.45, 7) is 3.38. The van der Waals surface area contributed by atoms with Gasteiger partial charge in [-0.2, -0.15) is 0 Å². The summed E-state index contributed by atoms with van der Waals surface area (Å²) < 4.78 is 10.3. The van der Waals surface area contributed by atoms with E-state index in [1.54, 1.807) is 18.2 Å². The number of rotatable bonds is 5. The van der Waals surface area contributed by atoms with Crippen LogP contribution in [0, 0.1) is 6.92 Å². The Morgan fingerprint density at radius 1 is 1.17 bits per heavy atom. The molecule has 1 atom stereocenters. The highest BCUT2D eigenvalue weighted by molar-refractivity contribution is 6.31. The van der Waals surface area contributed by atoms with Crippen molar-refractivity contribution < 1.29 is 19.1 Å². The molecule has 0 bridgehead atoms. The van der Waals surface area contributed by atoms with Crippen LogP contribution in [0.25, 0.3) is 0 Å². The van der Waals surface area contributed by atoms with Gasteiger partial charge >= 0.3 is 5.97 Å². The minimum absolute atomic E-state index is 0.167. The molecule has 0 aliphatic carbocycles. The molecule has 0 spiro atoms. The summed E-state index contributed by atoms with van der Waals surface area (Å²) in [5.74, 6) is -0.767. The molecule has 1 N–H and O–H groups in total. The van der Waals surface area contributed by atoms with Gasteiger partial charge in [0.25, 0.3) is 5.91 Å². The van der Waals surface area contributed by atoms with Crippen molar-refractivity contribution in [2.75, 3.05) is 12.4 Å². The molecule has 24 heavy (non-hydrogen) atoms. The monoisotopic (exact) mass is 347 g/mol. The third kappa shape index (κ3) is 4.26. The predicted molar refractivity (Wildman–Crippen MR) is 92.7 cm³/mol. The lowest BCUT2D eigenvalue weighted by Gasteiger charge is -2.15. The number of carbonyl (C=O) groups excluding carboxylic acids is 2. The lowest BCUT2D eigenvalue weighted by Crippen LogP contribution is -2.30. The molecule has 0 aromatic heterocycles. The number of esters is 1. The zero-order chi connectivity index (χ0) is 17.7. The summed E-state index contributed by atoms with van der Waals surface area (Å²) in [4.78, 5) is 24.5. The zero-order valence-electron chi connectivity index (χ0n) is 13.6. The second kappa shape index (κ2) is 7.84. The summed E-state index contributed by atoms with van der Waals surface area (Å²) in [5.41, 5.74) is 1.76. The Kier molecular flexibility index (Phi) is 5.82. The van der Waals surface area contributed by atoms with Crippen LogP contribution in [0.15, 0.2) is 42.5 Å². The molecule has 2 rings (SSSR count). The van der Waals surface area contributed by atoms with Gasteiger partial charge in [0.1, 0.15) is 11.3 Å². The molecule has 1 amide bonds. The normalized spacial score (nSPS) is 11.5. The molecule has 126 valence electrons. The van der Waals surface area contributed by atoms with E-state index in [0.717, 1.165) is 5.56 Å². The first kappa shape index (κ1) is 17.8. The van der Waals surface area contributed by atoms with E-state index in [4.69, 9.17) is 21.1 Å². The number of carbonyl (C=O) groups is 2. The van der Waals surface area contributed by atoms with Gasteiger partial charge in [-0.25, -0.2) is 4.79 Å². The van der Waals surface area contributed by atoms with Gasteiger partial charge in [-0.05, 0) is 43.7 Å². The molecule has 0 aliphatic rings. The van der Waals surface area contributed by atoms with Crippen molar-refractivity contribution in [1.82, 2.24) is 0 Å². The molecule has 5 nitrogen and oxygen atoms in total. The fourth-order valence-electron chi connectivity index (χ4n) is 2.06. The number of amides is 1. The Morgan fingerprint density at radius 2 is 1.88 bits per heavy atom. The maximum Gasteiger partial charge on any atom is 0.342 e. The highest BCUT2D eigenvalue weighted by Crippen LogP contribution is 2.24. The first-order valence-corrected chi connectivity index (χ1v) is 7.71. The number of para-hydroxylation sites is 1. The number of benzene rings is 2. The topological polar surface area (TPSA) is 64.6 Å². The second-order valence-corrected chi connectivity index (χ2v) is 5.63. The first-order chi connectivity index (χ1) is 11.4. The Balaban J connectivity index is 2.07. The number of ether oxygens (including phenoxy) is 2. The van der Waals surface area contributed by atoms with E-state index in [-0.39, 0.29) is 5.56 Å². The molecular weight excluding hydrogens is 330 g/mol. The molecule has 0 radical (unpaired) electrons. The van der Waals surface area contributed by atoms with E-state index in [0.29, 0.717) is 16.5 Å². The van der Waals surface area contributed by atoms with E-state index in [9.17, 15) is 9.59 Å². The highest BCUT2D eigenvalue weighted by atomic mass is 35.5. The Bertz CT molecular complexity index is 760.